The molecule has 1 fully saturated rings. The van der Waals surface area contributed by atoms with Gasteiger partial charge in [-0.3, -0.25) is 4.79 Å². The normalized spacial score (nSPS) is 21.0. The molecule has 1 amide bonds. The Balaban J connectivity index is 1.76. The molecule has 0 spiro atoms. The number of carbonyl (C=O) groups is 1. The van der Waals surface area contributed by atoms with Crippen LogP contribution >= 0.6 is 15.9 Å². The molecule has 2 nitrogen and oxygen atoms in total. The lowest BCUT2D eigenvalue weighted by atomic mass is 9.81. The van der Waals surface area contributed by atoms with Crippen molar-refractivity contribution in [3.8, 4) is 0 Å². The molecule has 0 aromatic heterocycles. The Morgan fingerprint density at radius 1 is 1.26 bits per heavy atom. The van der Waals surface area contributed by atoms with E-state index in [4.69, 9.17) is 0 Å². The van der Waals surface area contributed by atoms with Gasteiger partial charge in [0.05, 0.1) is 0 Å². The van der Waals surface area contributed by atoms with Crippen LogP contribution < -0.4 is 5.32 Å². The minimum atomic E-state index is 0.149. The van der Waals surface area contributed by atoms with Gasteiger partial charge < -0.3 is 5.32 Å². The number of benzene rings is 1. The zero-order chi connectivity index (χ0) is 13.2. The molecule has 1 aromatic carbocycles. The van der Waals surface area contributed by atoms with Crippen LogP contribution in [0.15, 0.2) is 18.2 Å². The van der Waals surface area contributed by atoms with Crippen molar-refractivity contribution in [3.05, 3.63) is 29.3 Å². The van der Waals surface area contributed by atoms with E-state index in [-0.39, 0.29) is 5.91 Å². The smallest absolute Gasteiger partial charge is 0.224 e. The Kier molecular flexibility index (Phi) is 3.92. The Morgan fingerprint density at radius 3 is 2.84 bits per heavy atom. The number of fused-ring (bicyclic) bond motifs is 1. The highest BCUT2D eigenvalue weighted by molar-refractivity contribution is 9.09. The van der Waals surface area contributed by atoms with Crippen LogP contribution in [0.1, 0.15) is 54.5 Å². The topological polar surface area (TPSA) is 29.1 Å². The highest BCUT2D eigenvalue weighted by Gasteiger charge is 2.22. The standard InChI is InChI=1S/C16H20BrNO/c17-14(9-11-3-1-4-11)12-7-8-15-13(10-12)5-2-6-16(19)18-15/h7-8,10-11,14H,1-6,9H2,(H,18,19). The first-order valence-electron chi connectivity index (χ1n) is 7.29. The second kappa shape index (κ2) is 5.66. The van der Waals surface area contributed by atoms with Gasteiger partial charge in [0.1, 0.15) is 0 Å². The van der Waals surface area contributed by atoms with Crippen LogP contribution in [0.4, 0.5) is 5.69 Å². The van der Waals surface area contributed by atoms with Crippen molar-refractivity contribution < 1.29 is 4.79 Å². The maximum absolute atomic E-state index is 11.5. The highest BCUT2D eigenvalue weighted by atomic mass is 79.9. The van der Waals surface area contributed by atoms with E-state index < -0.39 is 0 Å². The van der Waals surface area contributed by atoms with E-state index in [1.165, 1.54) is 36.8 Å². The van der Waals surface area contributed by atoms with Crippen LogP contribution in [0.5, 0.6) is 0 Å². The molecule has 1 heterocycles. The van der Waals surface area contributed by atoms with Crippen molar-refractivity contribution in [2.75, 3.05) is 5.32 Å². The summed E-state index contributed by atoms with van der Waals surface area (Å²) >= 11 is 3.83. The molecule has 0 radical (unpaired) electrons. The molecule has 1 unspecified atom stereocenters. The van der Waals surface area contributed by atoms with E-state index in [0.717, 1.165) is 24.4 Å². The summed E-state index contributed by atoms with van der Waals surface area (Å²) in [5.74, 6) is 1.05. The first kappa shape index (κ1) is 13.2. The van der Waals surface area contributed by atoms with Crippen LogP contribution in [0, 0.1) is 5.92 Å². The molecule has 0 bridgehead atoms. The van der Waals surface area contributed by atoms with Gasteiger partial charge in [0, 0.05) is 16.9 Å². The van der Waals surface area contributed by atoms with Crippen molar-refractivity contribution in [2.45, 2.75) is 49.8 Å². The van der Waals surface area contributed by atoms with E-state index >= 15 is 0 Å². The number of aryl methyl sites for hydroxylation is 1. The Morgan fingerprint density at radius 2 is 2.11 bits per heavy atom. The maximum Gasteiger partial charge on any atom is 0.224 e. The highest BCUT2D eigenvalue weighted by Crippen LogP contribution is 2.39. The predicted molar refractivity (Wildman–Crippen MR) is 81.6 cm³/mol. The maximum atomic E-state index is 11.5. The molecule has 3 heteroatoms. The number of hydrogen-bond donors (Lipinski definition) is 1. The molecule has 1 aromatic rings. The number of alkyl halides is 1. The van der Waals surface area contributed by atoms with Crippen LogP contribution in [0.3, 0.4) is 0 Å². The van der Waals surface area contributed by atoms with E-state index in [2.05, 4.69) is 39.4 Å². The summed E-state index contributed by atoms with van der Waals surface area (Å²) in [5, 5.41) is 3.00. The second-order valence-corrected chi connectivity index (χ2v) is 6.92. The largest absolute Gasteiger partial charge is 0.326 e. The number of rotatable bonds is 3. The fraction of sp³-hybridized carbons (Fsp3) is 0.562. The first-order chi connectivity index (χ1) is 9.22. The van der Waals surface area contributed by atoms with E-state index in [1.807, 2.05) is 0 Å². The Bertz CT molecular complexity index is 482. The van der Waals surface area contributed by atoms with Gasteiger partial charge in [-0.25, -0.2) is 0 Å². The molecular weight excluding hydrogens is 302 g/mol. The van der Waals surface area contributed by atoms with Crippen molar-refractivity contribution in [3.63, 3.8) is 0 Å². The van der Waals surface area contributed by atoms with Gasteiger partial charge in [-0.15, -0.1) is 0 Å². The lowest BCUT2D eigenvalue weighted by molar-refractivity contribution is -0.116. The third-order valence-corrected chi connectivity index (χ3v) is 5.28. The molecule has 0 saturated heterocycles. The average molecular weight is 322 g/mol. The molecule has 2 aliphatic rings. The number of amides is 1. The number of hydrogen-bond acceptors (Lipinski definition) is 1. The third kappa shape index (κ3) is 3.02. The van der Waals surface area contributed by atoms with Gasteiger partial charge >= 0.3 is 0 Å². The molecule has 102 valence electrons. The Labute approximate surface area is 123 Å². The van der Waals surface area contributed by atoms with Crippen molar-refractivity contribution in [1.29, 1.82) is 0 Å². The lowest BCUT2D eigenvalue weighted by Gasteiger charge is -2.27. The van der Waals surface area contributed by atoms with Gasteiger partial charge in [-0.1, -0.05) is 47.3 Å². The molecule has 1 saturated carbocycles. The summed E-state index contributed by atoms with van der Waals surface area (Å²) < 4.78 is 0. The van der Waals surface area contributed by atoms with Crippen LogP contribution in [-0.4, -0.2) is 5.91 Å². The summed E-state index contributed by atoms with van der Waals surface area (Å²) in [6, 6.07) is 6.50. The fourth-order valence-electron chi connectivity index (χ4n) is 2.95. The number of halogens is 1. The van der Waals surface area contributed by atoms with Gasteiger partial charge in [0.25, 0.3) is 0 Å². The lowest BCUT2D eigenvalue weighted by Crippen LogP contribution is -2.13. The Hall–Kier alpha value is -0.830. The SMILES string of the molecule is O=C1CCCc2cc(C(Br)CC3CCC3)ccc2N1. The minimum absolute atomic E-state index is 0.149. The average Bonchev–Trinajstić information content (AvgIpc) is 2.53. The van der Waals surface area contributed by atoms with Crippen molar-refractivity contribution in [2.24, 2.45) is 5.92 Å². The molecule has 3 rings (SSSR count). The molecule has 1 N–H and O–H groups in total. The summed E-state index contributed by atoms with van der Waals surface area (Å²) in [7, 11) is 0. The quantitative estimate of drug-likeness (QED) is 0.811. The zero-order valence-electron chi connectivity index (χ0n) is 11.1. The molecule has 19 heavy (non-hydrogen) atoms. The van der Waals surface area contributed by atoms with Gasteiger partial charge in [0.2, 0.25) is 5.91 Å². The fourth-order valence-corrected chi connectivity index (χ4v) is 3.76. The summed E-state index contributed by atoms with van der Waals surface area (Å²) in [5.41, 5.74) is 3.66. The molecule has 1 aliphatic heterocycles. The first-order valence-corrected chi connectivity index (χ1v) is 8.20. The summed E-state index contributed by atoms with van der Waals surface area (Å²) in [6.07, 6.45) is 8.03. The summed E-state index contributed by atoms with van der Waals surface area (Å²) in [6.45, 7) is 0. The second-order valence-electron chi connectivity index (χ2n) is 5.82. The van der Waals surface area contributed by atoms with Crippen molar-refractivity contribution in [1.82, 2.24) is 0 Å². The van der Waals surface area contributed by atoms with Gasteiger partial charge in [0.15, 0.2) is 0 Å². The molecule has 1 aliphatic carbocycles. The van der Waals surface area contributed by atoms with Gasteiger partial charge in [-0.05, 0) is 42.4 Å². The van der Waals surface area contributed by atoms with Gasteiger partial charge in [-0.2, -0.15) is 0 Å². The van der Waals surface area contributed by atoms with E-state index in [1.54, 1.807) is 0 Å². The number of carbonyl (C=O) groups excluding carboxylic acids is 1. The van der Waals surface area contributed by atoms with Crippen molar-refractivity contribution >= 4 is 27.5 Å². The summed E-state index contributed by atoms with van der Waals surface area (Å²) in [4.78, 5) is 12.0. The predicted octanol–water partition coefficient (Wildman–Crippen LogP) is 4.59. The van der Waals surface area contributed by atoms with Crippen LogP contribution in [0.25, 0.3) is 0 Å². The molecular formula is C16H20BrNO. The van der Waals surface area contributed by atoms with E-state index in [9.17, 15) is 4.79 Å². The van der Waals surface area contributed by atoms with Crippen LogP contribution in [-0.2, 0) is 11.2 Å². The van der Waals surface area contributed by atoms with E-state index in [0.29, 0.717) is 11.2 Å². The third-order valence-electron chi connectivity index (χ3n) is 4.38. The van der Waals surface area contributed by atoms with Crippen LogP contribution in [0.2, 0.25) is 0 Å². The zero-order valence-corrected chi connectivity index (χ0v) is 12.7. The minimum Gasteiger partial charge on any atom is -0.326 e. The number of anilines is 1. The monoisotopic (exact) mass is 321 g/mol. The number of nitrogens with one attached hydrogen (secondary N) is 1. The molecule has 1 atom stereocenters.